The summed E-state index contributed by atoms with van der Waals surface area (Å²) < 4.78 is 18.0. The number of nitrogens with zero attached hydrogens (tertiary/aromatic N) is 2. The van der Waals surface area contributed by atoms with Crippen molar-refractivity contribution in [2.45, 2.75) is 26.3 Å². The number of aromatic nitrogens is 1. The molecule has 0 saturated heterocycles. The van der Waals surface area contributed by atoms with Crippen molar-refractivity contribution in [3.05, 3.63) is 72.1 Å². The molecule has 3 heterocycles. The topological polar surface area (TPSA) is 79.0 Å². The molecule has 0 saturated carbocycles. The normalized spacial score (nSPS) is 19.1. The maximum Gasteiger partial charge on any atom is 0.283 e. The number of ether oxygens (including phenoxy) is 3. The van der Waals surface area contributed by atoms with E-state index in [0.717, 1.165) is 39.5 Å². The van der Waals surface area contributed by atoms with Crippen molar-refractivity contribution in [3.63, 3.8) is 0 Å². The lowest BCUT2D eigenvalue weighted by molar-refractivity contribution is 0.197. The lowest BCUT2D eigenvalue weighted by Crippen LogP contribution is -2.31. The Morgan fingerprint density at radius 1 is 1.03 bits per heavy atom. The first-order valence-electron chi connectivity index (χ1n) is 10.3. The number of aliphatic imine (C=N–C) groups is 1. The van der Waals surface area contributed by atoms with Crippen molar-refractivity contribution in [2.75, 3.05) is 13.2 Å². The summed E-state index contributed by atoms with van der Waals surface area (Å²) >= 11 is 0. The average molecular weight is 415 g/mol. The fraction of sp³-hybridized carbons (Fsp3) is 0.280. The number of pyridine rings is 1. The van der Waals surface area contributed by atoms with E-state index in [4.69, 9.17) is 24.9 Å². The minimum Gasteiger partial charge on any atom is -0.493 e. The molecule has 0 bridgehead atoms. The largest absolute Gasteiger partial charge is 0.493 e. The van der Waals surface area contributed by atoms with Gasteiger partial charge in [-0.25, -0.2) is 4.99 Å². The highest BCUT2D eigenvalue weighted by atomic mass is 16.5. The van der Waals surface area contributed by atoms with Crippen molar-refractivity contribution >= 4 is 6.02 Å². The molecule has 6 nitrogen and oxygen atoms in total. The van der Waals surface area contributed by atoms with Crippen LogP contribution >= 0.6 is 0 Å². The van der Waals surface area contributed by atoms with Crippen molar-refractivity contribution in [1.82, 2.24) is 4.98 Å². The Labute approximate surface area is 181 Å². The molecule has 3 aromatic rings. The van der Waals surface area contributed by atoms with Gasteiger partial charge in [0.05, 0.1) is 6.61 Å². The Morgan fingerprint density at radius 3 is 2.48 bits per heavy atom. The number of nitrogens with two attached hydrogens (primary N) is 1. The maximum absolute atomic E-state index is 6.25. The van der Waals surface area contributed by atoms with Crippen molar-refractivity contribution in [1.29, 1.82) is 0 Å². The highest BCUT2D eigenvalue weighted by Crippen LogP contribution is 2.52. The smallest absolute Gasteiger partial charge is 0.283 e. The van der Waals surface area contributed by atoms with Gasteiger partial charge >= 0.3 is 0 Å². The quantitative estimate of drug-likeness (QED) is 0.660. The van der Waals surface area contributed by atoms with Crippen LogP contribution in [0.3, 0.4) is 0 Å². The van der Waals surface area contributed by atoms with Crippen LogP contribution in [0.15, 0.2) is 65.9 Å². The second kappa shape index (κ2) is 7.01. The Hall–Kier alpha value is -3.54. The van der Waals surface area contributed by atoms with Gasteiger partial charge in [-0.15, -0.1) is 0 Å². The summed E-state index contributed by atoms with van der Waals surface area (Å²) in [7, 11) is 0. The second-order valence-electron chi connectivity index (χ2n) is 9.16. The molecule has 1 atom stereocenters. The van der Waals surface area contributed by atoms with Crippen LogP contribution in [0.5, 0.6) is 17.2 Å². The van der Waals surface area contributed by atoms with E-state index in [0.29, 0.717) is 13.2 Å². The number of rotatable bonds is 3. The van der Waals surface area contributed by atoms with Crippen molar-refractivity contribution < 1.29 is 14.2 Å². The van der Waals surface area contributed by atoms with E-state index in [9.17, 15) is 0 Å². The van der Waals surface area contributed by atoms with Crippen LogP contribution in [-0.2, 0) is 10.3 Å². The van der Waals surface area contributed by atoms with E-state index in [1.54, 1.807) is 6.20 Å². The molecule has 2 aliphatic rings. The number of fused-ring (bicyclic) bond motifs is 4. The molecule has 2 aliphatic heterocycles. The van der Waals surface area contributed by atoms with Crippen LogP contribution in [0.25, 0.3) is 11.1 Å². The zero-order valence-electron chi connectivity index (χ0n) is 17.9. The molecule has 0 radical (unpaired) electrons. The van der Waals surface area contributed by atoms with Crippen molar-refractivity contribution in [2.24, 2.45) is 16.1 Å². The lowest BCUT2D eigenvalue weighted by atomic mass is 9.80. The maximum atomic E-state index is 6.25. The fourth-order valence-electron chi connectivity index (χ4n) is 3.94. The SMILES string of the molecule is CC(C)(C)COc1ccc2c(c1)[C@]1(COC(N)=N1)c1cc(-c3cccnc3)ccc1O2. The van der Waals surface area contributed by atoms with Crippen LogP contribution in [0, 0.1) is 5.41 Å². The molecule has 5 rings (SSSR count). The standard InChI is InChI=1S/C25H25N3O3/c1-24(2,3)14-29-18-7-9-22-20(12-18)25(15-30-23(26)28-25)19-11-16(6-8-21(19)31-22)17-5-4-10-27-13-17/h4-13H,14-15H2,1-3H3,(H2,26,28)/t25-/m0/s1. The van der Waals surface area contributed by atoms with Gasteiger partial charge in [0.2, 0.25) is 0 Å². The summed E-state index contributed by atoms with van der Waals surface area (Å²) in [6.45, 7) is 7.33. The van der Waals surface area contributed by atoms with Crippen LogP contribution in [-0.4, -0.2) is 24.2 Å². The van der Waals surface area contributed by atoms with E-state index in [1.807, 2.05) is 48.7 Å². The van der Waals surface area contributed by atoms with Gasteiger partial charge in [-0.05, 0) is 47.4 Å². The third kappa shape index (κ3) is 3.48. The zero-order valence-corrected chi connectivity index (χ0v) is 17.9. The summed E-state index contributed by atoms with van der Waals surface area (Å²) in [4.78, 5) is 9.01. The Bertz CT molecular complexity index is 1170. The third-order valence-corrected chi connectivity index (χ3v) is 5.44. The van der Waals surface area contributed by atoms with E-state index in [2.05, 4.69) is 31.8 Å². The summed E-state index contributed by atoms with van der Waals surface area (Å²) in [5.74, 6) is 2.24. The van der Waals surface area contributed by atoms with E-state index in [1.165, 1.54) is 0 Å². The summed E-state index contributed by atoms with van der Waals surface area (Å²) in [6.07, 6.45) is 3.60. The van der Waals surface area contributed by atoms with Gasteiger partial charge < -0.3 is 19.9 Å². The zero-order chi connectivity index (χ0) is 21.6. The minimum atomic E-state index is -0.785. The molecular weight excluding hydrogens is 390 g/mol. The monoisotopic (exact) mass is 415 g/mol. The Kier molecular flexibility index (Phi) is 4.39. The van der Waals surface area contributed by atoms with Gasteiger partial charge in [0.25, 0.3) is 6.02 Å². The van der Waals surface area contributed by atoms with Gasteiger partial charge in [0, 0.05) is 29.1 Å². The Balaban J connectivity index is 1.63. The first kappa shape index (κ1) is 19.4. The summed E-state index contributed by atoms with van der Waals surface area (Å²) in [5.41, 5.74) is 9.11. The molecular formula is C25H25N3O3. The average Bonchev–Trinajstić information content (AvgIpc) is 3.15. The second-order valence-corrected chi connectivity index (χ2v) is 9.16. The molecule has 31 heavy (non-hydrogen) atoms. The molecule has 2 aromatic carbocycles. The first-order valence-corrected chi connectivity index (χ1v) is 10.3. The van der Waals surface area contributed by atoms with Gasteiger partial charge in [-0.2, -0.15) is 0 Å². The van der Waals surface area contributed by atoms with Crippen LogP contribution in [0.1, 0.15) is 31.9 Å². The molecule has 6 heteroatoms. The van der Waals surface area contributed by atoms with Gasteiger partial charge in [-0.1, -0.05) is 32.9 Å². The lowest BCUT2D eigenvalue weighted by Gasteiger charge is -2.34. The fourth-order valence-corrected chi connectivity index (χ4v) is 3.94. The highest BCUT2D eigenvalue weighted by Gasteiger charge is 2.47. The van der Waals surface area contributed by atoms with Gasteiger partial charge in [0.1, 0.15) is 23.9 Å². The van der Waals surface area contributed by atoms with E-state index in [-0.39, 0.29) is 11.4 Å². The number of amidine groups is 1. The molecule has 158 valence electrons. The van der Waals surface area contributed by atoms with E-state index >= 15 is 0 Å². The highest BCUT2D eigenvalue weighted by molar-refractivity contribution is 5.78. The minimum absolute atomic E-state index is 0.0500. The predicted octanol–water partition coefficient (Wildman–Crippen LogP) is 4.87. The van der Waals surface area contributed by atoms with Crippen LogP contribution < -0.4 is 15.2 Å². The third-order valence-electron chi connectivity index (χ3n) is 5.44. The van der Waals surface area contributed by atoms with Gasteiger partial charge in [-0.3, -0.25) is 4.98 Å². The molecule has 0 unspecified atom stereocenters. The Morgan fingerprint density at radius 2 is 1.81 bits per heavy atom. The molecule has 2 N–H and O–H groups in total. The van der Waals surface area contributed by atoms with E-state index < -0.39 is 5.54 Å². The van der Waals surface area contributed by atoms with Crippen LogP contribution in [0.2, 0.25) is 0 Å². The molecule has 1 aromatic heterocycles. The number of benzene rings is 2. The molecule has 0 fully saturated rings. The first-order chi connectivity index (χ1) is 14.8. The molecule has 1 spiro atoms. The van der Waals surface area contributed by atoms with Crippen molar-refractivity contribution in [3.8, 4) is 28.4 Å². The van der Waals surface area contributed by atoms with Gasteiger partial charge in [0.15, 0.2) is 5.54 Å². The summed E-state index contributed by atoms with van der Waals surface area (Å²) in [5, 5.41) is 0. The molecule has 0 amide bonds. The number of hydrogen-bond donors (Lipinski definition) is 1. The summed E-state index contributed by atoms with van der Waals surface area (Å²) in [6, 6.07) is 16.0. The van der Waals surface area contributed by atoms with Crippen LogP contribution in [0.4, 0.5) is 0 Å². The molecule has 0 aliphatic carbocycles. The number of hydrogen-bond acceptors (Lipinski definition) is 6. The predicted molar refractivity (Wildman–Crippen MR) is 119 cm³/mol.